The van der Waals surface area contributed by atoms with E-state index in [9.17, 15) is 0 Å². The summed E-state index contributed by atoms with van der Waals surface area (Å²) in [5.74, 6) is 0. The largest absolute Gasteiger partial charge is 0.413 e. The Morgan fingerprint density at radius 2 is 1.94 bits per heavy atom. The van der Waals surface area contributed by atoms with E-state index in [0.29, 0.717) is 13.2 Å². The summed E-state index contributed by atoms with van der Waals surface area (Å²) in [5, 5.41) is 3.73. The Hall–Kier alpha value is -0.293. The van der Waals surface area contributed by atoms with Crippen LogP contribution in [0, 0.1) is 0 Å². The van der Waals surface area contributed by atoms with Crippen LogP contribution in [0.5, 0.6) is 0 Å². The zero-order chi connectivity index (χ0) is 13.7. The van der Waals surface area contributed by atoms with Crippen molar-refractivity contribution in [1.29, 1.82) is 0 Å². The average Bonchev–Trinajstić information content (AvgIpc) is 2.20. The van der Waals surface area contributed by atoms with E-state index in [4.69, 9.17) is 9.96 Å². The molecule has 0 saturated carbocycles. The van der Waals surface area contributed by atoms with E-state index >= 15 is 0 Å². The van der Waals surface area contributed by atoms with Gasteiger partial charge in [0.05, 0.1) is 13.2 Å². The SMILES string of the molecule is C/C(CO[Si](C)(C)C(C)(C)C)=C(\Br)CN=[N+]=[N-]. The Morgan fingerprint density at radius 1 is 1.41 bits per heavy atom. The summed E-state index contributed by atoms with van der Waals surface area (Å²) < 4.78 is 6.98. The molecule has 0 saturated heterocycles. The molecule has 0 radical (unpaired) electrons. The lowest BCUT2D eigenvalue weighted by Crippen LogP contribution is -2.41. The first-order valence-corrected chi connectivity index (χ1v) is 9.31. The maximum absolute atomic E-state index is 8.25. The van der Waals surface area contributed by atoms with Crippen molar-refractivity contribution >= 4 is 24.2 Å². The Labute approximate surface area is 113 Å². The summed E-state index contributed by atoms with van der Waals surface area (Å²) in [6.45, 7) is 14.0. The van der Waals surface area contributed by atoms with Crippen LogP contribution in [0.4, 0.5) is 0 Å². The van der Waals surface area contributed by atoms with Gasteiger partial charge in [-0.3, -0.25) is 0 Å². The smallest absolute Gasteiger partial charge is 0.192 e. The van der Waals surface area contributed by atoms with Crippen molar-refractivity contribution in [2.24, 2.45) is 5.11 Å². The van der Waals surface area contributed by atoms with Crippen LogP contribution in [-0.2, 0) is 4.43 Å². The third-order valence-corrected chi connectivity index (χ3v) is 8.60. The molecule has 0 amide bonds. The van der Waals surface area contributed by atoms with Crippen molar-refractivity contribution in [1.82, 2.24) is 0 Å². The summed E-state index contributed by atoms with van der Waals surface area (Å²) in [5.41, 5.74) is 9.34. The minimum atomic E-state index is -1.70. The fourth-order valence-electron chi connectivity index (χ4n) is 0.812. The number of hydrogen-bond acceptors (Lipinski definition) is 2. The third-order valence-electron chi connectivity index (χ3n) is 3.19. The summed E-state index contributed by atoms with van der Waals surface area (Å²) in [7, 11) is -1.70. The summed E-state index contributed by atoms with van der Waals surface area (Å²) >= 11 is 3.41. The van der Waals surface area contributed by atoms with Crippen LogP contribution < -0.4 is 0 Å². The first-order valence-electron chi connectivity index (χ1n) is 5.61. The molecule has 0 aromatic rings. The lowest BCUT2D eigenvalue weighted by Gasteiger charge is -2.36. The van der Waals surface area contributed by atoms with Crippen LogP contribution >= 0.6 is 15.9 Å². The predicted molar refractivity (Wildman–Crippen MR) is 78.8 cm³/mol. The van der Waals surface area contributed by atoms with Gasteiger partial charge in [0.2, 0.25) is 0 Å². The number of nitrogens with zero attached hydrogens (tertiary/aromatic N) is 3. The monoisotopic (exact) mass is 319 g/mol. The van der Waals surface area contributed by atoms with Crippen molar-refractivity contribution in [3.63, 3.8) is 0 Å². The van der Waals surface area contributed by atoms with Crippen molar-refractivity contribution in [2.45, 2.75) is 45.8 Å². The van der Waals surface area contributed by atoms with Crippen LogP contribution in [0.25, 0.3) is 10.4 Å². The molecule has 0 heterocycles. The highest BCUT2D eigenvalue weighted by Gasteiger charge is 2.37. The van der Waals surface area contributed by atoms with Crippen LogP contribution in [-0.4, -0.2) is 21.5 Å². The fourth-order valence-corrected chi connectivity index (χ4v) is 2.05. The Morgan fingerprint density at radius 3 is 2.35 bits per heavy atom. The van der Waals surface area contributed by atoms with Gasteiger partial charge in [-0.05, 0) is 36.2 Å². The molecule has 0 unspecified atom stereocenters. The molecule has 6 heteroatoms. The maximum Gasteiger partial charge on any atom is 0.192 e. The molecule has 0 aliphatic heterocycles. The van der Waals surface area contributed by atoms with Gasteiger partial charge >= 0.3 is 0 Å². The van der Waals surface area contributed by atoms with Crippen LogP contribution in [0.3, 0.4) is 0 Å². The van der Waals surface area contributed by atoms with Crippen LogP contribution in [0.15, 0.2) is 15.2 Å². The van der Waals surface area contributed by atoms with E-state index < -0.39 is 8.32 Å². The first kappa shape index (κ1) is 16.7. The first-order chi connectivity index (χ1) is 7.62. The number of rotatable bonds is 5. The van der Waals surface area contributed by atoms with E-state index in [1.54, 1.807) is 0 Å². The van der Waals surface area contributed by atoms with Crippen molar-refractivity contribution < 1.29 is 4.43 Å². The Kier molecular flexibility index (Phi) is 6.48. The maximum atomic E-state index is 8.25. The predicted octanol–water partition coefficient (Wildman–Crippen LogP) is 4.99. The molecule has 0 aromatic heterocycles. The third kappa shape index (κ3) is 5.72. The molecule has 17 heavy (non-hydrogen) atoms. The van der Waals surface area contributed by atoms with Crippen LogP contribution in [0.1, 0.15) is 27.7 Å². The molecular formula is C11H22BrN3OSi. The van der Waals surface area contributed by atoms with Gasteiger partial charge in [0.25, 0.3) is 0 Å². The lowest BCUT2D eigenvalue weighted by molar-refractivity contribution is 0.318. The number of hydrogen-bond donors (Lipinski definition) is 0. The molecule has 0 atom stereocenters. The van der Waals surface area contributed by atoms with Crippen molar-refractivity contribution in [3.8, 4) is 0 Å². The second kappa shape index (κ2) is 6.59. The summed E-state index contributed by atoms with van der Waals surface area (Å²) in [4.78, 5) is 2.73. The highest BCUT2D eigenvalue weighted by molar-refractivity contribution is 9.11. The highest BCUT2D eigenvalue weighted by atomic mass is 79.9. The number of azide groups is 1. The molecule has 0 spiro atoms. The van der Waals surface area contributed by atoms with Gasteiger partial charge in [0.1, 0.15) is 0 Å². The van der Waals surface area contributed by atoms with Gasteiger partial charge in [-0.1, -0.05) is 41.8 Å². The molecule has 0 aliphatic rings. The van der Waals surface area contributed by atoms with Gasteiger partial charge in [-0.25, -0.2) is 0 Å². The lowest BCUT2D eigenvalue weighted by atomic mass is 10.2. The van der Waals surface area contributed by atoms with E-state index in [2.05, 4.69) is 59.8 Å². The minimum Gasteiger partial charge on any atom is -0.413 e. The zero-order valence-corrected chi connectivity index (χ0v) is 14.1. The van der Waals surface area contributed by atoms with E-state index in [0.717, 1.165) is 10.1 Å². The molecule has 0 fully saturated rings. The quantitative estimate of drug-likeness (QED) is 0.305. The molecular weight excluding hydrogens is 298 g/mol. The molecule has 0 aromatic carbocycles. The van der Waals surface area contributed by atoms with Gasteiger partial charge < -0.3 is 4.43 Å². The second-order valence-corrected chi connectivity index (χ2v) is 11.4. The highest BCUT2D eigenvalue weighted by Crippen LogP contribution is 2.36. The molecule has 0 aliphatic carbocycles. The van der Waals surface area contributed by atoms with E-state index in [1.807, 2.05) is 6.92 Å². The zero-order valence-electron chi connectivity index (χ0n) is 11.5. The second-order valence-electron chi connectivity index (χ2n) is 5.62. The van der Waals surface area contributed by atoms with Gasteiger partial charge in [-0.2, -0.15) is 0 Å². The molecule has 0 N–H and O–H groups in total. The Balaban J connectivity index is 4.52. The van der Waals surface area contributed by atoms with Crippen molar-refractivity contribution in [2.75, 3.05) is 13.2 Å². The van der Waals surface area contributed by atoms with Crippen molar-refractivity contribution in [3.05, 3.63) is 20.5 Å². The average molecular weight is 320 g/mol. The fraction of sp³-hybridized carbons (Fsp3) is 0.818. The summed E-state index contributed by atoms with van der Waals surface area (Å²) in [6, 6.07) is 0. The standard InChI is InChI=1S/C11H22BrN3OSi/c1-9(10(12)7-14-15-13)8-16-17(5,6)11(2,3)4/h7-8H2,1-6H3/b10-9+. The Bertz CT molecular complexity index is 341. The molecule has 0 bridgehead atoms. The topological polar surface area (TPSA) is 58.0 Å². The molecule has 98 valence electrons. The van der Waals surface area contributed by atoms with Crippen LogP contribution in [0.2, 0.25) is 18.1 Å². The normalized spacial score (nSPS) is 14.1. The van der Waals surface area contributed by atoms with Gasteiger partial charge in [-0.15, -0.1) is 0 Å². The van der Waals surface area contributed by atoms with E-state index in [1.165, 1.54) is 0 Å². The number of halogens is 1. The molecule has 0 rings (SSSR count). The van der Waals surface area contributed by atoms with Gasteiger partial charge in [0.15, 0.2) is 8.32 Å². The van der Waals surface area contributed by atoms with E-state index in [-0.39, 0.29) is 5.04 Å². The summed E-state index contributed by atoms with van der Waals surface area (Å²) in [6.07, 6.45) is 0. The minimum absolute atomic E-state index is 0.213. The van der Waals surface area contributed by atoms with Gasteiger partial charge in [0, 0.05) is 9.39 Å². The molecule has 4 nitrogen and oxygen atoms in total.